The van der Waals surface area contributed by atoms with Crippen molar-refractivity contribution in [2.45, 2.75) is 57.7 Å². The van der Waals surface area contributed by atoms with Crippen LogP contribution >= 0.6 is 0 Å². The van der Waals surface area contributed by atoms with E-state index in [9.17, 15) is 39.5 Å². The SMILES string of the molecule is COc1ccc(C(C)C)cc1-c1ccc(C(F)(F)F)cc1C[C@H](C)[C@@H](N)c1cc(C(F)(F)F)cc(C(F)(F)F)c1.N. The summed E-state index contributed by atoms with van der Waals surface area (Å²) >= 11 is 0. The van der Waals surface area contributed by atoms with Gasteiger partial charge in [-0.3, -0.25) is 0 Å². The van der Waals surface area contributed by atoms with Gasteiger partial charge in [-0.2, -0.15) is 39.5 Å². The second-order valence-corrected chi connectivity index (χ2v) is 10.0. The molecule has 2 atom stereocenters. The first-order chi connectivity index (χ1) is 18.3. The molecule has 0 saturated carbocycles. The molecule has 0 saturated heterocycles. The summed E-state index contributed by atoms with van der Waals surface area (Å²) in [6, 6.07) is 8.13. The van der Waals surface area contributed by atoms with Crippen molar-refractivity contribution in [3.8, 4) is 16.9 Å². The first-order valence-electron chi connectivity index (χ1n) is 12.3. The van der Waals surface area contributed by atoms with E-state index in [0.29, 0.717) is 29.0 Å². The minimum atomic E-state index is -5.06. The first kappa shape index (κ1) is 34.0. The molecule has 12 heteroatoms. The zero-order chi connectivity index (χ0) is 30.2. The van der Waals surface area contributed by atoms with E-state index in [2.05, 4.69) is 0 Å². The van der Waals surface area contributed by atoms with Crippen molar-refractivity contribution in [1.29, 1.82) is 0 Å². The van der Waals surface area contributed by atoms with Crippen molar-refractivity contribution in [1.82, 2.24) is 6.15 Å². The van der Waals surface area contributed by atoms with Gasteiger partial charge >= 0.3 is 18.5 Å². The maximum atomic E-state index is 13.6. The Morgan fingerprint density at radius 2 is 1.20 bits per heavy atom. The third-order valence-electron chi connectivity index (χ3n) is 6.76. The van der Waals surface area contributed by atoms with Crippen LogP contribution in [0.2, 0.25) is 0 Å². The van der Waals surface area contributed by atoms with Gasteiger partial charge in [-0.25, -0.2) is 0 Å². The molecule has 3 rings (SSSR count). The van der Waals surface area contributed by atoms with E-state index in [1.807, 2.05) is 19.9 Å². The molecular weight excluding hydrogens is 563 g/mol. The average molecular weight is 595 g/mol. The summed E-state index contributed by atoms with van der Waals surface area (Å²) in [5, 5.41) is 0. The van der Waals surface area contributed by atoms with Crippen LogP contribution in [0.15, 0.2) is 54.6 Å². The fourth-order valence-corrected chi connectivity index (χ4v) is 4.47. The third kappa shape index (κ3) is 7.94. The van der Waals surface area contributed by atoms with Crippen molar-refractivity contribution in [3.63, 3.8) is 0 Å². The quantitative estimate of drug-likeness (QED) is 0.268. The molecule has 5 N–H and O–H groups in total. The van der Waals surface area contributed by atoms with Crippen molar-refractivity contribution >= 4 is 0 Å². The summed E-state index contributed by atoms with van der Waals surface area (Å²) in [4.78, 5) is 0. The van der Waals surface area contributed by atoms with Gasteiger partial charge in [0.2, 0.25) is 0 Å². The Bertz CT molecular complexity index is 1310. The van der Waals surface area contributed by atoms with Crippen molar-refractivity contribution in [3.05, 3.63) is 88.0 Å². The molecule has 0 heterocycles. The van der Waals surface area contributed by atoms with Gasteiger partial charge in [-0.1, -0.05) is 32.9 Å². The molecule has 0 unspecified atom stereocenters. The monoisotopic (exact) mass is 594 g/mol. The summed E-state index contributed by atoms with van der Waals surface area (Å²) in [5.41, 5.74) is 3.67. The number of nitrogens with two attached hydrogens (primary N) is 1. The lowest BCUT2D eigenvalue weighted by atomic mass is 9.84. The normalized spacial score (nSPS) is 14.0. The van der Waals surface area contributed by atoms with Crippen LogP contribution in [0.1, 0.15) is 66.1 Å². The first-order valence-corrected chi connectivity index (χ1v) is 12.3. The zero-order valence-electron chi connectivity index (χ0n) is 22.7. The second kappa shape index (κ2) is 12.3. The standard InChI is InChI=1S/C29H28F9NO.H3N/c1-15(2)17-5-8-25(40-4)24(13-17)23-7-6-20(27(30,31)32)10-18(23)9-16(3)26(39)19-11-21(28(33,34)35)14-22(12-19)29(36,37)38;/h5-8,10-16,26H,9,39H2,1-4H3;1H3/t16-,26+;/m0./s1. The number of hydrogen-bond acceptors (Lipinski definition) is 3. The molecule has 3 nitrogen and oxygen atoms in total. The van der Waals surface area contributed by atoms with E-state index in [-0.39, 0.29) is 30.1 Å². The highest BCUT2D eigenvalue weighted by atomic mass is 19.4. The van der Waals surface area contributed by atoms with Crippen LogP contribution in [0.3, 0.4) is 0 Å². The van der Waals surface area contributed by atoms with E-state index >= 15 is 0 Å². The average Bonchev–Trinajstić information content (AvgIpc) is 2.85. The predicted octanol–water partition coefficient (Wildman–Crippen LogP) is 9.58. The van der Waals surface area contributed by atoms with Gasteiger partial charge in [0.15, 0.2) is 0 Å². The number of ether oxygens (including phenoxy) is 1. The van der Waals surface area contributed by atoms with Gasteiger partial charge in [-0.15, -0.1) is 0 Å². The Morgan fingerprint density at radius 3 is 1.66 bits per heavy atom. The van der Waals surface area contributed by atoms with Gasteiger partial charge in [0.05, 0.1) is 23.8 Å². The topological polar surface area (TPSA) is 70.2 Å². The Kier molecular flexibility index (Phi) is 10.2. The molecule has 0 amide bonds. The van der Waals surface area contributed by atoms with Crippen LogP contribution in [-0.2, 0) is 24.9 Å². The van der Waals surface area contributed by atoms with Gasteiger partial charge in [-0.05, 0) is 83.0 Å². The van der Waals surface area contributed by atoms with E-state index in [1.165, 1.54) is 20.1 Å². The molecule has 0 aliphatic heterocycles. The number of hydrogen-bond donors (Lipinski definition) is 2. The van der Waals surface area contributed by atoms with E-state index < -0.39 is 52.7 Å². The van der Waals surface area contributed by atoms with Crippen LogP contribution in [0.25, 0.3) is 11.1 Å². The fourth-order valence-electron chi connectivity index (χ4n) is 4.47. The molecule has 0 radical (unpaired) electrons. The molecular formula is C29H31F9N2O. The summed E-state index contributed by atoms with van der Waals surface area (Å²) < 4.78 is 127. The maximum absolute atomic E-state index is 13.6. The molecule has 0 fully saturated rings. The highest BCUT2D eigenvalue weighted by molar-refractivity contribution is 5.75. The molecule has 0 aliphatic rings. The van der Waals surface area contributed by atoms with Crippen LogP contribution in [-0.4, -0.2) is 7.11 Å². The van der Waals surface area contributed by atoms with Gasteiger partial charge in [0.25, 0.3) is 0 Å². The number of methoxy groups -OCH3 is 1. The van der Waals surface area contributed by atoms with Crippen molar-refractivity contribution < 1.29 is 44.3 Å². The van der Waals surface area contributed by atoms with Crippen LogP contribution in [0, 0.1) is 5.92 Å². The highest BCUT2D eigenvalue weighted by Crippen LogP contribution is 2.41. The number of benzene rings is 3. The predicted molar refractivity (Wildman–Crippen MR) is 139 cm³/mol. The number of rotatable bonds is 7. The van der Waals surface area contributed by atoms with Crippen molar-refractivity contribution in [2.75, 3.05) is 7.11 Å². The largest absolute Gasteiger partial charge is 0.496 e. The number of halogens is 9. The van der Waals surface area contributed by atoms with Crippen LogP contribution in [0.5, 0.6) is 5.75 Å². The Balaban J connectivity index is 0.00000588. The van der Waals surface area contributed by atoms with E-state index in [4.69, 9.17) is 10.5 Å². The lowest BCUT2D eigenvalue weighted by Gasteiger charge is -2.25. The Hall–Kier alpha value is -3.25. The number of alkyl halides is 9. The lowest BCUT2D eigenvalue weighted by molar-refractivity contribution is -0.143. The fraction of sp³-hybridized carbons (Fsp3) is 0.379. The van der Waals surface area contributed by atoms with Crippen LogP contribution in [0.4, 0.5) is 39.5 Å². The molecule has 3 aromatic rings. The second-order valence-electron chi connectivity index (χ2n) is 10.0. The molecule has 226 valence electrons. The highest BCUT2D eigenvalue weighted by Gasteiger charge is 2.38. The smallest absolute Gasteiger partial charge is 0.416 e. The van der Waals surface area contributed by atoms with Gasteiger partial charge < -0.3 is 16.6 Å². The minimum Gasteiger partial charge on any atom is -0.496 e. The molecule has 0 aromatic heterocycles. The van der Waals surface area contributed by atoms with Crippen LogP contribution < -0.4 is 16.6 Å². The van der Waals surface area contributed by atoms with E-state index in [1.54, 1.807) is 12.1 Å². The molecule has 0 aliphatic carbocycles. The Morgan fingerprint density at radius 1 is 0.659 bits per heavy atom. The summed E-state index contributed by atoms with van der Waals surface area (Å²) in [6.45, 7) is 5.33. The Labute approximate surface area is 232 Å². The molecule has 0 spiro atoms. The lowest BCUT2D eigenvalue weighted by Crippen LogP contribution is -2.23. The summed E-state index contributed by atoms with van der Waals surface area (Å²) in [7, 11) is 1.40. The molecule has 3 aromatic carbocycles. The molecule has 41 heavy (non-hydrogen) atoms. The minimum absolute atomic E-state index is 0. The van der Waals surface area contributed by atoms with Gasteiger partial charge in [0.1, 0.15) is 5.75 Å². The zero-order valence-corrected chi connectivity index (χ0v) is 22.7. The maximum Gasteiger partial charge on any atom is 0.416 e. The summed E-state index contributed by atoms with van der Waals surface area (Å²) in [5.74, 6) is -0.389. The van der Waals surface area contributed by atoms with Gasteiger partial charge in [0, 0.05) is 11.6 Å². The molecule has 0 bridgehead atoms. The van der Waals surface area contributed by atoms with E-state index in [0.717, 1.165) is 17.7 Å². The van der Waals surface area contributed by atoms with Crippen molar-refractivity contribution in [2.24, 2.45) is 11.7 Å². The summed E-state index contributed by atoms with van der Waals surface area (Å²) in [6.07, 6.45) is -15.0. The third-order valence-corrected chi connectivity index (χ3v) is 6.76.